The van der Waals surface area contributed by atoms with Crippen LogP contribution in [-0.2, 0) is 0 Å². The van der Waals surface area contributed by atoms with E-state index in [2.05, 4.69) is 29.1 Å². The van der Waals surface area contributed by atoms with Crippen molar-refractivity contribution in [3.05, 3.63) is 24.4 Å². The summed E-state index contributed by atoms with van der Waals surface area (Å²) >= 11 is 0. The molecule has 0 radical (unpaired) electrons. The number of hydrogen-bond acceptors (Lipinski definition) is 4. The van der Waals surface area contributed by atoms with Gasteiger partial charge in [-0.2, -0.15) is 0 Å². The van der Waals surface area contributed by atoms with Crippen LogP contribution < -0.4 is 5.32 Å². The predicted molar refractivity (Wildman–Crippen MR) is 66.1 cm³/mol. The molecule has 0 aliphatic heterocycles. The van der Waals surface area contributed by atoms with Gasteiger partial charge in [0.1, 0.15) is 12.6 Å². The molecule has 1 N–H and O–H groups in total. The van der Waals surface area contributed by atoms with Crippen LogP contribution >= 0.6 is 0 Å². The molecule has 5 nitrogen and oxygen atoms in total. The summed E-state index contributed by atoms with van der Waals surface area (Å²) < 4.78 is 5.25. The smallest absolute Gasteiger partial charge is 0.255 e. The van der Waals surface area contributed by atoms with Crippen LogP contribution in [0.5, 0.6) is 0 Å². The van der Waals surface area contributed by atoms with Crippen molar-refractivity contribution >= 4 is 17.0 Å². The van der Waals surface area contributed by atoms with Gasteiger partial charge >= 0.3 is 0 Å². The highest BCUT2D eigenvalue weighted by Gasteiger charge is 2.46. The molecule has 3 rings (SSSR count). The summed E-state index contributed by atoms with van der Waals surface area (Å²) in [6.45, 7) is 4.26. The third kappa shape index (κ3) is 1.66. The Hall–Kier alpha value is -1.91. The lowest BCUT2D eigenvalue weighted by Crippen LogP contribution is -2.40. The lowest BCUT2D eigenvalue weighted by atomic mass is 10.0. The van der Waals surface area contributed by atoms with Crippen molar-refractivity contribution in [2.75, 3.05) is 0 Å². The van der Waals surface area contributed by atoms with Crippen molar-refractivity contribution in [2.45, 2.75) is 32.2 Å². The van der Waals surface area contributed by atoms with Crippen molar-refractivity contribution in [1.82, 2.24) is 15.3 Å². The Morgan fingerprint density at radius 1 is 1.50 bits per heavy atom. The van der Waals surface area contributed by atoms with E-state index in [4.69, 9.17) is 4.42 Å². The number of nitrogens with zero attached hydrogens (tertiary/aromatic N) is 2. The molecule has 0 spiro atoms. The summed E-state index contributed by atoms with van der Waals surface area (Å²) in [4.78, 5) is 20.2. The molecule has 18 heavy (non-hydrogen) atoms. The second-order valence-corrected chi connectivity index (χ2v) is 5.16. The number of rotatable bonds is 3. The highest BCUT2D eigenvalue weighted by atomic mass is 16.3. The highest BCUT2D eigenvalue weighted by molar-refractivity contribution is 6.05. The van der Waals surface area contributed by atoms with Crippen LogP contribution in [-0.4, -0.2) is 21.4 Å². The summed E-state index contributed by atoms with van der Waals surface area (Å²) in [6.07, 6.45) is 6.55. The highest BCUT2D eigenvalue weighted by Crippen LogP contribution is 2.42. The number of amides is 1. The monoisotopic (exact) mass is 245 g/mol. The number of fused-ring (bicyclic) bond motifs is 1. The van der Waals surface area contributed by atoms with Gasteiger partial charge in [0.15, 0.2) is 0 Å². The van der Waals surface area contributed by atoms with Crippen LogP contribution in [0.4, 0.5) is 0 Å². The van der Waals surface area contributed by atoms with E-state index in [-0.39, 0.29) is 11.4 Å². The molecule has 2 aromatic heterocycles. The second-order valence-electron chi connectivity index (χ2n) is 5.16. The fourth-order valence-electron chi connectivity index (χ4n) is 2.23. The van der Waals surface area contributed by atoms with Crippen molar-refractivity contribution in [3.63, 3.8) is 0 Å². The Kier molecular flexibility index (Phi) is 2.36. The van der Waals surface area contributed by atoms with Crippen molar-refractivity contribution in [2.24, 2.45) is 5.92 Å². The summed E-state index contributed by atoms with van der Waals surface area (Å²) in [6, 6.07) is 0. The zero-order valence-electron chi connectivity index (χ0n) is 10.4. The maximum Gasteiger partial charge on any atom is 0.255 e. The van der Waals surface area contributed by atoms with Gasteiger partial charge in [0.05, 0.1) is 10.9 Å². The van der Waals surface area contributed by atoms with Crippen molar-refractivity contribution < 1.29 is 9.21 Å². The fraction of sp³-hybridized carbons (Fsp3) is 0.462. The van der Waals surface area contributed by atoms with Gasteiger partial charge in [-0.1, -0.05) is 13.8 Å². The standard InChI is InChI=1S/C13H15N3O2/c1-8(2)13(3-4-13)16-11(17)10-6-18-12-9(10)5-14-7-15-12/h5-8H,3-4H2,1-2H3,(H,16,17). The first-order valence-corrected chi connectivity index (χ1v) is 6.12. The quantitative estimate of drug-likeness (QED) is 0.899. The van der Waals surface area contributed by atoms with E-state index in [0.717, 1.165) is 12.8 Å². The lowest BCUT2D eigenvalue weighted by molar-refractivity contribution is 0.0919. The fourth-order valence-corrected chi connectivity index (χ4v) is 2.23. The van der Waals surface area contributed by atoms with E-state index in [1.54, 1.807) is 6.20 Å². The first-order valence-electron chi connectivity index (χ1n) is 6.12. The van der Waals surface area contributed by atoms with Crippen LogP contribution in [0.2, 0.25) is 0 Å². The summed E-state index contributed by atoms with van der Waals surface area (Å²) in [5, 5.41) is 3.77. The van der Waals surface area contributed by atoms with E-state index in [1.807, 2.05) is 0 Å². The van der Waals surface area contributed by atoms with Crippen LogP contribution in [0.15, 0.2) is 23.2 Å². The van der Waals surface area contributed by atoms with Gasteiger partial charge in [0.25, 0.3) is 5.91 Å². The summed E-state index contributed by atoms with van der Waals surface area (Å²) in [7, 11) is 0. The van der Waals surface area contributed by atoms with Gasteiger partial charge in [0.2, 0.25) is 5.71 Å². The zero-order chi connectivity index (χ0) is 12.8. The SMILES string of the molecule is CC(C)C1(NC(=O)c2coc3ncncc23)CC1. The number of hydrogen-bond donors (Lipinski definition) is 1. The van der Waals surface area contributed by atoms with Crippen LogP contribution in [0.25, 0.3) is 11.1 Å². The summed E-state index contributed by atoms with van der Waals surface area (Å²) in [5.41, 5.74) is 0.929. The second kappa shape index (κ2) is 3.80. The van der Waals surface area contributed by atoms with Gasteiger partial charge in [-0.25, -0.2) is 9.97 Å². The average molecular weight is 245 g/mol. The van der Waals surface area contributed by atoms with E-state index < -0.39 is 0 Å². The normalized spacial score (nSPS) is 17.1. The third-order valence-electron chi connectivity index (χ3n) is 3.76. The average Bonchev–Trinajstić information content (AvgIpc) is 3.01. The van der Waals surface area contributed by atoms with E-state index >= 15 is 0 Å². The van der Waals surface area contributed by atoms with Gasteiger partial charge in [-0.15, -0.1) is 0 Å². The number of nitrogens with one attached hydrogen (secondary N) is 1. The molecular weight excluding hydrogens is 230 g/mol. The minimum Gasteiger partial charge on any atom is -0.445 e. The molecule has 5 heteroatoms. The molecule has 0 saturated heterocycles. The van der Waals surface area contributed by atoms with E-state index in [1.165, 1.54) is 12.6 Å². The molecular formula is C13H15N3O2. The molecule has 94 valence electrons. The van der Waals surface area contributed by atoms with Crippen molar-refractivity contribution in [1.29, 1.82) is 0 Å². The summed E-state index contributed by atoms with van der Waals surface area (Å²) in [5.74, 6) is 0.339. The molecule has 0 bridgehead atoms. The van der Waals surface area contributed by atoms with Crippen molar-refractivity contribution in [3.8, 4) is 0 Å². The Morgan fingerprint density at radius 3 is 2.94 bits per heavy atom. The molecule has 0 unspecified atom stereocenters. The van der Waals surface area contributed by atoms with Crippen LogP contribution in [0.3, 0.4) is 0 Å². The maximum atomic E-state index is 12.3. The minimum atomic E-state index is -0.102. The largest absolute Gasteiger partial charge is 0.445 e. The topological polar surface area (TPSA) is 68.0 Å². The minimum absolute atomic E-state index is 0.0314. The molecule has 1 fully saturated rings. The number of furan rings is 1. The molecule has 1 amide bonds. The van der Waals surface area contributed by atoms with Gasteiger partial charge < -0.3 is 9.73 Å². The molecule has 2 aromatic rings. The Labute approximate surface area is 105 Å². The van der Waals surface area contributed by atoms with Gasteiger partial charge in [-0.05, 0) is 18.8 Å². The lowest BCUT2D eigenvalue weighted by Gasteiger charge is -2.20. The number of carbonyl (C=O) groups excluding carboxylic acids is 1. The molecule has 1 aliphatic rings. The Bertz CT molecular complexity index is 599. The maximum absolute atomic E-state index is 12.3. The van der Waals surface area contributed by atoms with E-state index in [0.29, 0.717) is 22.6 Å². The first kappa shape index (κ1) is 11.2. The zero-order valence-corrected chi connectivity index (χ0v) is 10.4. The van der Waals surface area contributed by atoms with Gasteiger partial charge in [-0.3, -0.25) is 4.79 Å². The molecule has 1 aliphatic carbocycles. The molecule has 0 aromatic carbocycles. The first-order chi connectivity index (χ1) is 8.62. The van der Waals surface area contributed by atoms with E-state index in [9.17, 15) is 4.79 Å². The predicted octanol–water partition coefficient (Wildman–Crippen LogP) is 2.14. The molecule has 0 atom stereocenters. The molecule has 2 heterocycles. The van der Waals surface area contributed by atoms with Crippen LogP contribution in [0.1, 0.15) is 37.0 Å². The number of aromatic nitrogens is 2. The molecule has 1 saturated carbocycles. The van der Waals surface area contributed by atoms with Crippen LogP contribution in [0, 0.1) is 5.92 Å². The number of carbonyl (C=O) groups is 1. The Morgan fingerprint density at radius 2 is 2.28 bits per heavy atom. The Balaban J connectivity index is 1.89. The van der Waals surface area contributed by atoms with Gasteiger partial charge in [0, 0.05) is 11.7 Å². The third-order valence-corrected chi connectivity index (χ3v) is 3.76.